The molecule has 2 rings (SSSR count). The van der Waals surface area contributed by atoms with Crippen molar-refractivity contribution in [3.8, 4) is 5.75 Å². The lowest BCUT2D eigenvalue weighted by Crippen LogP contribution is -2.30. The summed E-state index contributed by atoms with van der Waals surface area (Å²) in [7, 11) is 1.60. The van der Waals surface area contributed by atoms with Gasteiger partial charge in [-0.25, -0.2) is 9.82 Å². The van der Waals surface area contributed by atoms with Gasteiger partial charge in [-0.1, -0.05) is 18.2 Å². The fraction of sp³-hybridized carbons (Fsp3) is 0.250. The molecule has 2 aromatic carbocycles. The van der Waals surface area contributed by atoms with Crippen molar-refractivity contribution in [3.63, 3.8) is 0 Å². The van der Waals surface area contributed by atoms with Crippen molar-refractivity contribution < 1.29 is 9.13 Å². The van der Waals surface area contributed by atoms with E-state index in [0.717, 1.165) is 16.7 Å². The minimum Gasteiger partial charge on any atom is -0.497 e. The first kappa shape index (κ1) is 14.5. The molecule has 3 N–H and O–H groups in total. The monoisotopic (exact) mass is 274 g/mol. The second-order valence-corrected chi connectivity index (χ2v) is 4.85. The van der Waals surface area contributed by atoms with E-state index >= 15 is 0 Å². The summed E-state index contributed by atoms with van der Waals surface area (Å²) in [6.45, 7) is 3.76. The molecule has 106 valence electrons. The quantitative estimate of drug-likeness (QED) is 0.665. The van der Waals surface area contributed by atoms with Crippen LogP contribution in [0.4, 0.5) is 4.39 Å². The zero-order valence-electron chi connectivity index (χ0n) is 11.9. The first-order valence-corrected chi connectivity index (χ1v) is 6.43. The Balaban J connectivity index is 2.52. The maximum atomic E-state index is 14.3. The molecule has 0 saturated carbocycles. The normalized spacial score (nSPS) is 12.2. The summed E-state index contributed by atoms with van der Waals surface area (Å²) in [6.07, 6.45) is 0. The van der Waals surface area contributed by atoms with E-state index in [1.165, 1.54) is 6.07 Å². The molecule has 0 fully saturated rings. The summed E-state index contributed by atoms with van der Waals surface area (Å²) in [5.41, 5.74) is 5.87. The van der Waals surface area contributed by atoms with Gasteiger partial charge >= 0.3 is 0 Å². The van der Waals surface area contributed by atoms with Crippen molar-refractivity contribution in [2.45, 2.75) is 19.9 Å². The van der Waals surface area contributed by atoms with Crippen LogP contribution in [-0.4, -0.2) is 7.11 Å². The molecule has 0 heterocycles. The zero-order valence-corrected chi connectivity index (χ0v) is 11.9. The number of hydrazine groups is 1. The van der Waals surface area contributed by atoms with Gasteiger partial charge in [0.05, 0.1) is 13.2 Å². The van der Waals surface area contributed by atoms with Crippen molar-refractivity contribution in [2.75, 3.05) is 7.11 Å². The van der Waals surface area contributed by atoms with Crippen molar-refractivity contribution in [1.82, 2.24) is 5.43 Å². The van der Waals surface area contributed by atoms with Crippen LogP contribution < -0.4 is 16.0 Å². The van der Waals surface area contributed by atoms with Crippen LogP contribution in [0.2, 0.25) is 0 Å². The maximum absolute atomic E-state index is 14.3. The average molecular weight is 274 g/mol. The van der Waals surface area contributed by atoms with Crippen molar-refractivity contribution >= 4 is 0 Å². The van der Waals surface area contributed by atoms with Gasteiger partial charge in [-0.2, -0.15) is 0 Å². The number of hydrogen-bond acceptors (Lipinski definition) is 3. The molecule has 0 amide bonds. The van der Waals surface area contributed by atoms with Gasteiger partial charge in [0, 0.05) is 5.56 Å². The number of ether oxygens (including phenoxy) is 1. The molecule has 0 aliphatic heterocycles. The summed E-state index contributed by atoms with van der Waals surface area (Å²) in [5.74, 6) is 6.11. The van der Waals surface area contributed by atoms with Crippen LogP contribution >= 0.6 is 0 Å². The van der Waals surface area contributed by atoms with Crippen LogP contribution in [0.1, 0.15) is 28.3 Å². The van der Waals surface area contributed by atoms with E-state index in [9.17, 15) is 4.39 Å². The molecule has 0 bridgehead atoms. The SMILES string of the molecule is COc1cccc(C(NN)c2c(C)cc(C)cc2F)c1. The van der Waals surface area contributed by atoms with Crippen molar-refractivity contribution in [3.05, 3.63) is 64.5 Å². The highest BCUT2D eigenvalue weighted by molar-refractivity contribution is 5.42. The van der Waals surface area contributed by atoms with Crippen LogP contribution in [0.5, 0.6) is 5.75 Å². The minimum absolute atomic E-state index is 0.256. The Morgan fingerprint density at radius 2 is 1.95 bits per heavy atom. The average Bonchev–Trinajstić information content (AvgIpc) is 2.42. The van der Waals surface area contributed by atoms with Crippen LogP contribution in [0.3, 0.4) is 0 Å². The summed E-state index contributed by atoms with van der Waals surface area (Å²) in [5, 5.41) is 0. The molecule has 0 aromatic heterocycles. The molecule has 1 atom stereocenters. The van der Waals surface area contributed by atoms with E-state index < -0.39 is 6.04 Å². The number of aryl methyl sites for hydroxylation is 2. The Kier molecular flexibility index (Phi) is 4.37. The molecule has 0 aliphatic carbocycles. The van der Waals surface area contributed by atoms with Gasteiger partial charge in [-0.05, 0) is 48.7 Å². The zero-order chi connectivity index (χ0) is 14.7. The molecular weight excluding hydrogens is 255 g/mol. The fourth-order valence-corrected chi connectivity index (χ4v) is 2.46. The van der Waals surface area contributed by atoms with E-state index in [1.54, 1.807) is 7.11 Å². The summed E-state index contributed by atoms with van der Waals surface area (Å²) >= 11 is 0. The fourth-order valence-electron chi connectivity index (χ4n) is 2.46. The van der Waals surface area contributed by atoms with Gasteiger partial charge in [0.2, 0.25) is 0 Å². The third-order valence-corrected chi connectivity index (χ3v) is 3.36. The van der Waals surface area contributed by atoms with E-state index in [2.05, 4.69) is 5.43 Å². The lowest BCUT2D eigenvalue weighted by atomic mass is 9.93. The molecule has 20 heavy (non-hydrogen) atoms. The number of halogens is 1. The predicted molar refractivity (Wildman–Crippen MR) is 78.0 cm³/mol. The number of nitrogens with one attached hydrogen (secondary N) is 1. The third kappa shape index (κ3) is 2.81. The third-order valence-electron chi connectivity index (χ3n) is 3.36. The summed E-state index contributed by atoms with van der Waals surface area (Å²) in [6, 6.07) is 10.5. The highest BCUT2D eigenvalue weighted by Crippen LogP contribution is 2.29. The molecule has 3 nitrogen and oxygen atoms in total. The van der Waals surface area contributed by atoms with Crippen LogP contribution in [0.25, 0.3) is 0 Å². The Morgan fingerprint density at radius 1 is 1.20 bits per heavy atom. The van der Waals surface area contributed by atoms with Crippen LogP contribution in [-0.2, 0) is 0 Å². The summed E-state index contributed by atoms with van der Waals surface area (Å²) in [4.78, 5) is 0. The molecule has 0 radical (unpaired) electrons. The molecule has 4 heteroatoms. The molecule has 0 aliphatic rings. The Morgan fingerprint density at radius 3 is 2.55 bits per heavy atom. The topological polar surface area (TPSA) is 47.3 Å². The predicted octanol–water partition coefficient (Wildman–Crippen LogP) is 3.00. The highest BCUT2D eigenvalue weighted by atomic mass is 19.1. The van der Waals surface area contributed by atoms with Gasteiger partial charge in [-0.15, -0.1) is 0 Å². The molecular formula is C16H19FN2O. The number of nitrogens with two attached hydrogens (primary N) is 1. The Hall–Kier alpha value is -1.91. The van der Waals surface area contributed by atoms with E-state index in [0.29, 0.717) is 11.3 Å². The minimum atomic E-state index is -0.411. The lowest BCUT2D eigenvalue weighted by Gasteiger charge is -2.20. The number of hydrogen-bond donors (Lipinski definition) is 2. The Bertz CT molecular complexity index is 590. The number of rotatable bonds is 4. The summed E-state index contributed by atoms with van der Waals surface area (Å²) < 4.78 is 19.5. The largest absolute Gasteiger partial charge is 0.497 e. The molecule has 0 saturated heterocycles. The van der Waals surface area contributed by atoms with Gasteiger partial charge < -0.3 is 4.74 Å². The van der Waals surface area contributed by atoms with Gasteiger partial charge in [0.1, 0.15) is 11.6 Å². The Labute approximate surface area is 118 Å². The number of benzene rings is 2. The van der Waals surface area contributed by atoms with Crippen molar-refractivity contribution in [2.24, 2.45) is 5.84 Å². The maximum Gasteiger partial charge on any atom is 0.128 e. The lowest BCUT2D eigenvalue weighted by molar-refractivity contribution is 0.413. The van der Waals surface area contributed by atoms with E-state index in [1.807, 2.05) is 44.2 Å². The smallest absolute Gasteiger partial charge is 0.128 e. The highest BCUT2D eigenvalue weighted by Gasteiger charge is 2.19. The number of methoxy groups -OCH3 is 1. The first-order chi connectivity index (χ1) is 9.56. The standard InChI is InChI=1S/C16H19FN2O/c1-10-7-11(2)15(14(17)8-10)16(19-18)12-5-4-6-13(9-12)20-3/h4-9,16,19H,18H2,1-3H3. The van der Waals surface area contributed by atoms with Gasteiger partial charge in [0.25, 0.3) is 0 Å². The first-order valence-electron chi connectivity index (χ1n) is 6.43. The molecule has 0 spiro atoms. The molecule has 2 aromatic rings. The van der Waals surface area contributed by atoms with E-state index in [4.69, 9.17) is 10.6 Å². The van der Waals surface area contributed by atoms with Crippen LogP contribution in [0, 0.1) is 19.7 Å². The van der Waals surface area contributed by atoms with Gasteiger partial charge in [-0.3, -0.25) is 5.84 Å². The molecule has 1 unspecified atom stereocenters. The second kappa shape index (κ2) is 6.03. The van der Waals surface area contributed by atoms with Crippen molar-refractivity contribution in [1.29, 1.82) is 0 Å². The van der Waals surface area contributed by atoms with Gasteiger partial charge in [0.15, 0.2) is 0 Å². The van der Waals surface area contributed by atoms with E-state index in [-0.39, 0.29) is 5.82 Å². The second-order valence-electron chi connectivity index (χ2n) is 4.85. The van der Waals surface area contributed by atoms with Crippen LogP contribution in [0.15, 0.2) is 36.4 Å².